The molecule has 2 rings (SSSR count). The molecule has 0 aliphatic carbocycles. The van der Waals surface area contributed by atoms with E-state index in [4.69, 9.17) is 5.73 Å². The Hall–Kier alpha value is -1.33. The number of hydrogen-bond donors (Lipinski definition) is 1. The van der Waals surface area contributed by atoms with Crippen LogP contribution in [0.1, 0.15) is 27.6 Å². The number of aromatic nitrogens is 2. The van der Waals surface area contributed by atoms with E-state index in [2.05, 4.69) is 9.59 Å². The van der Waals surface area contributed by atoms with Gasteiger partial charge in [-0.1, -0.05) is 10.6 Å². The fourth-order valence-electron chi connectivity index (χ4n) is 1.77. The van der Waals surface area contributed by atoms with Crippen LogP contribution in [0.3, 0.4) is 0 Å². The monoisotopic (exact) mass is 237 g/mol. The van der Waals surface area contributed by atoms with Crippen molar-refractivity contribution in [3.63, 3.8) is 0 Å². The largest absolute Gasteiger partial charge is 0.319 e. The number of nitrogens with two attached hydrogens (primary N) is 1. The highest BCUT2D eigenvalue weighted by molar-refractivity contribution is 7.05. The minimum atomic E-state index is -0.486. The van der Waals surface area contributed by atoms with Crippen molar-refractivity contribution < 1.29 is 4.39 Å². The summed E-state index contributed by atoms with van der Waals surface area (Å²) >= 11 is 1.19. The molecule has 1 unspecified atom stereocenters. The third-order valence-electron chi connectivity index (χ3n) is 2.48. The number of aryl methyl sites for hydroxylation is 2. The molecule has 0 radical (unpaired) electrons. The minimum Gasteiger partial charge on any atom is -0.319 e. The van der Waals surface area contributed by atoms with Crippen molar-refractivity contribution in [1.82, 2.24) is 9.59 Å². The van der Waals surface area contributed by atoms with Crippen LogP contribution in [0.2, 0.25) is 0 Å². The Balaban J connectivity index is 2.48. The molecule has 0 saturated heterocycles. The van der Waals surface area contributed by atoms with Gasteiger partial charge in [0.05, 0.1) is 17.1 Å². The summed E-state index contributed by atoms with van der Waals surface area (Å²) in [4.78, 5) is 0.769. The molecule has 1 heterocycles. The van der Waals surface area contributed by atoms with Crippen molar-refractivity contribution in [2.45, 2.75) is 19.9 Å². The fourth-order valence-corrected chi connectivity index (χ4v) is 2.29. The number of nitrogens with zero attached hydrogens (tertiary/aromatic N) is 2. The van der Waals surface area contributed by atoms with Gasteiger partial charge in [0, 0.05) is 5.56 Å². The summed E-state index contributed by atoms with van der Waals surface area (Å²) in [5.74, 6) is -0.265. The van der Waals surface area contributed by atoms with E-state index >= 15 is 0 Å². The lowest BCUT2D eigenvalue weighted by atomic mass is 9.98. The van der Waals surface area contributed by atoms with Crippen molar-refractivity contribution in [1.29, 1.82) is 0 Å². The highest BCUT2D eigenvalue weighted by Crippen LogP contribution is 2.27. The first-order valence-electron chi connectivity index (χ1n) is 4.89. The molecule has 0 bridgehead atoms. The van der Waals surface area contributed by atoms with Gasteiger partial charge in [0.25, 0.3) is 0 Å². The summed E-state index contributed by atoms with van der Waals surface area (Å²) in [5.41, 5.74) is 8.28. The van der Waals surface area contributed by atoms with E-state index in [-0.39, 0.29) is 5.82 Å². The molecular weight excluding hydrogens is 225 g/mol. The van der Waals surface area contributed by atoms with Gasteiger partial charge in [-0.05, 0) is 42.6 Å². The Morgan fingerprint density at radius 1 is 1.38 bits per heavy atom. The van der Waals surface area contributed by atoms with E-state index in [0.717, 1.165) is 16.0 Å². The molecule has 3 nitrogen and oxygen atoms in total. The Bertz CT molecular complexity index is 473. The van der Waals surface area contributed by atoms with Crippen molar-refractivity contribution in [3.05, 3.63) is 45.7 Å². The van der Waals surface area contributed by atoms with Crippen LogP contribution in [0.25, 0.3) is 0 Å². The predicted octanol–water partition coefficient (Wildman–Crippen LogP) is 2.34. The predicted molar refractivity (Wildman–Crippen MR) is 61.8 cm³/mol. The Morgan fingerprint density at radius 3 is 2.69 bits per heavy atom. The van der Waals surface area contributed by atoms with Gasteiger partial charge < -0.3 is 5.73 Å². The van der Waals surface area contributed by atoms with Gasteiger partial charge in [0.15, 0.2) is 0 Å². The molecule has 84 valence electrons. The van der Waals surface area contributed by atoms with Crippen LogP contribution >= 0.6 is 11.5 Å². The first-order chi connectivity index (χ1) is 7.59. The molecule has 0 spiro atoms. The van der Waals surface area contributed by atoms with Crippen LogP contribution in [0.4, 0.5) is 4.39 Å². The third kappa shape index (κ3) is 1.96. The second-order valence-electron chi connectivity index (χ2n) is 3.77. The molecule has 0 aliphatic heterocycles. The molecule has 2 N–H and O–H groups in total. The molecule has 0 aliphatic rings. The maximum atomic E-state index is 13.8. The van der Waals surface area contributed by atoms with E-state index in [1.807, 2.05) is 19.9 Å². The van der Waals surface area contributed by atoms with Crippen molar-refractivity contribution in [2.24, 2.45) is 5.73 Å². The van der Waals surface area contributed by atoms with Gasteiger partial charge in [-0.3, -0.25) is 0 Å². The lowest BCUT2D eigenvalue weighted by Crippen LogP contribution is -2.14. The molecule has 5 heteroatoms. The standard InChI is InChI=1S/C11H12FN3S/c1-6-3-7(2)10(8(12)4-6)11(13)9-5-14-15-16-9/h3-5,11H,13H2,1-2H3. The van der Waals surface area contributed by atoms with E-state index < -0.39 is 6.04 Å². The Kier molecular flexibility index (Phi) is 2.98. The number of rotatable bonds is 2. The van der Waals surface area contributed by atoms with E-state index in [0.29, 0.717) is 5.56 Å². The van der Waals surface area contributed by atoms with Crippen molar-refractivity contribution in [2.75, 3.05) is 0 Å². The number of benzene rings is 1. The molecule has 0 saturated carbocycles. The van der Waals surface area contributed by atoms with E-state index in [1.54, 1.807) is 6.20 Å². The molecular formula is C11H12FN3S. The lowest BCUT2D eigenvalue weighted by Gasteiger charge is -2.14. The van der Waals surface area contributed by atoms with Crippen LogP contribution in [0.15, 0.2) is 18.3 Å². The summed E-state index contributed by atoms with van der Waals surface area (Å²) in [7, 11) is 0. The smallest absolute Gasteiger partial charge is 0.128 e. The number of hydrogen-bond acceptors (Lipinski definition) is 4. The normalized spacial score (nSPS) is 12.8. The molecule has 1 atom stereocenters. The van der Waals surface area contributed by atoms with Crippen LogP contribution in [-0.4, -0.2) is 9.59 Å². The maximum absolute atomic E-state index is 13.8. The first kappa shape index (κ1) is 11.2. The van der Waals surface area contributed by atoms with Gasteiger partial charge >= 0.3 is 0 Å². The average Bonchev–Trinajstić information content (AvgIpc) is 2.67. The number of halogens is 1. The van der Waals surface area contributed by atoms with Gasteiger partial charge in [0.2, 0.25) is 0 Å². The molecule has 0 amide bonds. The lowest BCUT2D eigenvalue weighted by molar-refractivity contribution is 0.597. The third-order valence-corrected chi connectivity index (χ3v) is 3.22. The summed E-state index contributed by atoms with van der Waals surface area (Å²) < 4.78 is 17.6. The topological polar surface area (TPSA) is 51.8 Å². The molecule has 1 aromatic heterocycles. The van der Waals surface area contributed by atoms with Gasteiger partial charge in [0.1, 0.15) is 5.82 Å². The zero-order chi connectivity index (χ0) is 11.7. The Labute approximate surface area is 97.3 Å². The van der Waals surface area contributed by atoms with Crippen molar-refractivity contribution >= 4 is 11.5 Å². The summed E-state index contributed by atoms with van der Waals surface area (Å²) in [6.07, 6.45) is 1.58. The maximum Gasteiger partial charge on any atom is 0.128 e. The molecule has 2 aromatic rings. The quantitative estimate of drug-likeness (QED) is 0.872. The van der Waals surface area contributed by atoms with Crippen LogP contribution in [0.5, 0.6) is 0 Å². The zero-order valence-corrected chi connectivity index (χ0v) is 9.88. The summed E-state index contributed by atoms with van der Waals surface area (Å²) in [5, 5.41) is 3.71. The average molecular weight is 237 g/mol. The van der Waals surface area contributed by atoms with Crippen LogP contribution in [-0.2, 0) is 0 Å². The minimum absolute atomic E-state index is 0.265. The second kappa shape index (κ2) is 4.27. The fraction of sp³-hybridized carbons (Fsp3) is 0.273. The van der Waals surface area contributed by atoms with Crippen LogP contribution < -0.4 is 5.73 Å². The van der Waals surface area contributed by atoms with E-state index in [1.165, 1.54) is 17.6 Å². The van der Waals surface area contributed by atoms with E-state index in [9.17, 15) is 4.39 Å². The summed E-state index contributed by atoms with van der Waals surface area (Å²) in [6, 6.07) is 2.93. The van der Waals surface area contributed by atoms with Crippen LogP contribution in [0, 0.1) is 19.7 Å². The summed E-state index contributed by atoms with van der Waals surface area (Å²) in [6.45, 7) is 3.72. The van der Waals surface area contributed by atoms with Gasteiger partial charge in [-0.25, -0.2) is 4.39 Å². The highest BCUT2D eigenvalue weighted by atomic mass is 32.1. The molecule has 0 fully saturated rings. The van der Waals surface area contributed by atoms with Gasteiger partial charge in [-0.15, -0.1) is 5.10 Å². The first-order valence-corrected chi connectivity index (χ1v) is 5.66. The SMILES string of the molecule is Cc1cc(C)c(C(N)c2cnns2)c(F)c1. The Morgan fingerprint density at radius 2 is 2.12 bits per heavy atom. The highest BCUT2D eigenvalue weighted by Gasteiger charge is 2.18. The molecule has 16 heavy (non-hydrogen) atoms. The van der Waals surface area contributed by atoms with Crippen molar-refractivity contribution in [3.8, 4) is 0 Å². The van der Waals surface area contributed by atoms with Gasteiger partial charge in [-0.2, -0.15) is 0 Å². The zero-order valence-electron chi connectivity index (χ0n) is 9.07. The molecule has 1 aromatic carbocycles. The second-order valence-corrected chi connectivity index (χ2v) is 4.59.